The molecule has 3 rings (SSSR count). The molecule has 0 unspecified atom stereocenters. The van der Waals surface area contributed by atoms with E-state index in [9.17, 15) is 14.3 Å². The molecule has 5 heteroatoms. The first-order valence-electron chi connectivity index (χ1n) is 6.66. The van der Waals surface area contributed by atoms with E-state index in [-0.39, 0.29) is 5.56 Å². The van der Waals surface area contributed by atoms with Crippen LogP contribution < -0.4 is 0 Å². The molecular weight excluding hydrogens is 259 g/mol. The molecule has 1 aliphatic heterocycles. The third-order valence-corrected chi connectivity index (χ3v) is 3.84. The van der Waals surface area contributed by atoms with Crippen LogP contribution >= 0.6 is 0 Å². The minimum atomic E-state index is -1.02. The first-order chi connectivity index (χ1) is 9.60. The van der Waals surface area contributed by atoms with Crippen LogP contribution in [0.3, 0.4) is 0 Å². The Morgan fingerprint density at radius 3 is 3.00 bits per heavy atom. The maximum absolute atomic E-state index is 13.4. The number of halogens is 1. The van der Waals surface area contributed by atoms with Crippen molar-refractivity contribution in [2.75, 3.05) is 13.1 Å². The summed E-state index contributed by atoms with van der Waals surface area (Å²) in [4.78, 5) is 18.3. The maximum Gasteiger partial charge on any atom is 0.336 e. The number of fused-ring (bicyclic) bond motifs is 2. The summed E-state index contributed by atoms with van der Waals surface area (Å²) >= 11 is 0. The Morgan fingerprint density at radius 1 is 1.50 bits per heavy atom. The molecule has 0 aliphatic carbocycles. The molecule has 2 aromatic rings. The van der Waals surface area contributed by atoms with E-state index in [1.165, 1.54) is 12.1 Å². The van der Waals surface area contributed by atoms with Crippen LogP contribution in [0.15, 0.2) is 18.2 Å². The van der Waals surface area contributed by atoms with E-state index in [4.69, 9.17) is 0 Å². The normalized spacial score (nSPS) is 15.3. The van der Waals surface area contributed by atoms with E-state index >= 15 is 0 Å². The zero-order chi connectivity index (χ0) is 14.3. The zero-order valence-electron chi connectivity index (χ0n) is 11.2. The number of rotatable bonds is 2. The quantitative estimate of drug-likeness (QED) is 0.914. The van der Waals surface area contributed by atoms with Gasteiger partial charge in [0.25, 0.3) is 0 Å². The largest absolute Gasteiger partial charge is 0.478 e. The van der Waals surface area contributed by atoms with Gasteiger partial charge in [0.15, 0.2) is 0 Å². The van der Waals surface area contributed by atoms with Crippen molar-refractivity contribution in [2.45, 2.75) is 19.9 Å². The fraction of sp³-hybridized carbons (Fsp3) is 0.333. The number of carboxylic acid groups (broad SMARTS) is 1. The van der Waals surface area contributed by atoms with Gasteiger partial charge in [0.2, 0.25) is 0 Å². The zero-order valence-corrected chi connectivity index (χ0v) is 11.2. The minimum absolute atomic E-state index is 0.197. The number of hydrogen-bond donors (Lipinski definition) is 1. The van der Waals surface area contributed by atoms with E-state index in [0.29, 0.717) is 17.4 Å². The summed E-state index contributed by atoms with van der Waals surface area (Å²) < 4.78 is 13.4. The molecule has 0 amide bonds. The van der Waals surface area contributed by atoms with Gasteiger partial charge in [-0.05, 0) is 24.7 Å². The van der Waals surface area contributed by atoms with Gasteiger partial charge in [-0.2, -0.15) is 0 Å². The highest BCUT2D eigenvalue weighted by Gasteiger charge is 2.25. The molecule has 0 bridgehead atoms. The fourth-order valence-electron chi connectivity index (χ4n) is 2.78. The number of carbonyl (C=O) groups is 1. The van der Waals surface area contributed by atoms with E-state index in [0.717, 1.165) is 30.8 Å². The lowest BCUT2D eigenvalue weighted by atomic mass is 9.96. The second kappa shape index (κ2) is 4.83. The van der Waals surface area contributed by atoms with Gasteiger partial charge in [-0.1, -0.05) is 6.92 Å². The molecule has 4 nitrogen and oxygen atoms in total. The fourth-order valence-corrected chi connectivity index (χ4v) is 2.78. The average Bonchev–Trinajstić information content (AvgIpc) is 2.43. The van der Waals surface area contributed by atoms with Crippen LogP contribution in [-0.4, -0.2) is 34.0 Å². The number of nitrogens with zero attached hydrogens (tertiary/aromatic N) is 2. The molecule has 1 N–H and O–H groups in total. The topological polar surface area (TPSA) is 53.4 Å². The van der Waals surface area contributed by atoms with Crippen molar-refractivity contribution in [1.82, 2.24) is 9.88 Å². The molecular formula is C15H15FN2O2. The van der Waals surface area contributed by atoms with Gasteiger partial charge in [0, 0.05) is 36.2 Å². The molecule has 0 saturated heterocycles. The Balaban J connectivity index is 2.30. The predicted molar refractivity (Wildman–Crippen MR) is 73.3 cm³/mol. The Kier molecular flexibility index (Phi) is 3.14. The van der Waals surface area contributed by atoms with E-state index in [1.54, 1.807) is 6.07 Å². The smallest absolute Gasteiger partial charge is 0.336 e. The monoisotopic (exact) mass is 274 g/mol. The number of aromatic carboxylic acids is 1. The highest BCUT2D eigenvalue weighted by molar-refractivity contribution is 6.04. The lowest BCUT2D eigenvalue weighted by molar-refractivity contribution is 0.0695. The lowest BCUT2D eigenvalue weighted by Gasteiger charge is -2.28. The van der Waals surface area contributed by atoms with Gasteiger partial charge in [0.05, 0.1) is 11.1 Å². The molecule has 1 aliphatic rings. The van der Waals surface area contributed by atoms with Crippen LogP contribution in [-0.2, 0) is 13.0 Å². The van der Waals surface area contributed by atoms with Crippen LogP contribution in [0, 0.1) is 5.82 Å². The Bertz CT molecular complexity index is 700. The van der Waals surface area contributed by atoms with Crippen LogP contribution in [0.2, 0.25) is 0 Å². The van der Waals surface area contributed by atoms with E-state index in [1.807, 2.05) is 6.92 Å². The average molecular weight is 274 g/mol. The van der Waals surface area contributed by atoms with Gasteiger partial charge in [-0.15, -0.1) is 0 Å². The number of aromatic nitrogens is 1. The molecule has 20 heavy (non-hydrogen) atoms. The SMILES string of the molecule is CCN1CCc2nc3ccc(F)cc3c(C(=O)O)c2C1. The number of hydrogen-bond acceptors (Lipinski definition) is 3. The highest BCUT2D eigenvalue weighted by atomic mass is 19.1. The van der Waals surface area contributed by atoms with Crippen LogP contribution in [0.5, 0.6) is 0 Å². The summed E-state index contributed by atoms with van der Waals surface area (Å²) in [5, 5.41) is 9.90. The maximum atomic E-state index is 13.4. The summed E-state index contributed by atoms with van der Waals surface area (Å²) in [7, 11) is 0. The minimum Gasteiger partial charge on any atom is -0.478 e. The molecule has 0 radical (unpaired) electrons. The lowest BCUT2D eigenvalue weighted by Crippen LogP contribution is -2.32. The molecule has 104 valence electrons. The molecule has 0 fully saturated rings. The second-order valence-corrected chi connectivity index (χ2v) is 5.00. The summed E-state index contributed by atoms with van der Waals surface area (Å²) in [6, 6.07) is 4.12. The van der Waals surface area contributed by atoms with Crippen molar-refractivity contribution in [2.24, 2.45) is 0 Å². The molecule has 0 saturated carbocycles. The molecule has 1 aromatic carbocycles. The number of pyridine rings is 1. The first kappa shape index (κ1) is 13.0. The van der Waals surface area contributed by atoms with Gasteiger partial charge >= 0.3 is 5.97 Å². The van der Waals surface area contributed by atoms with Crippen molar-refractivity contribution in [3.8, 4) is 0 Å². The summed E-state index contributed by atoms with van der Waals surface area (Å²) in [5.41, 5.74) is 2.30. The Hall–Kier alpha value is -2.01. The Morgan fingerprint density at radius 2 is 2.30 bits per heavy atom. The molecule has 0 spiro atoms. The predicted octanol–water partition coefficient (Wildman–Crippen LogP) is 2.45. The molecule has 0 atom stereocenters. The summed E-state index contributed by atoms with van der Waals surface area (Å²) in [6.45, 7) is 4.34. The van der Waals surface area contributed by atoms with Gasteiger partial charge < -0.3 is 5.11 Å². The number of benzene rings is 1. The van der Waals surface area contributed by atoms with Gasteiger partial charge in [-0.3, -0.25) is 9.88 Å². The van der Waals surface area contributed by atoms with Crippen molar-refractivity contribution in [3.63, 3.8) is 0 Å². The van der Waals surface area contributed by atoms with Gasteiger partial charge in [-0.25, -0.2) is 9.18 Å². The third-order valence-electron chi connectivity index (χ3n) is 3.84. The third kappa shape index (κ3) is 2.04. The number of likely N-dealkylation sites (N-methyl/N-ethyl adjacent to an activating group) is 1. The van der Waals surface area contributed by atoms with Crippen molar-refractivity contribution >= 4 is 16.9 Å². The van der Waals surface area contributed by atoms with Crippen LogP contribution in [0.25, 0.3) is 10.9 Å². The van der Waals surface area contributed by atoms with Crippen molar-refractivity contribution in [3.05, 3.63) is 40.8 Å². The highest BCUT2D eigenvalue weighted by Crippen LogP contribution is 2.28. The Labute approximate surface area is 115 Å². The van der Waals surface area contributed by atoms with Gasteiger partial charge in [0.1, 0.15) is 5.82 Å². The molecule has 2 heterocycles. The first-order valence-corrected chi connectivity index (χ1v) is 6.66. The second-order valence-electron chi connectivity index (χ2n) is 5.00. The van der Waals surface area contributed by atoms with Crippen molar-refractivity contribution in [1.29, 1.82) is 0 Å². The number of carboxylic acids is 1. The summed E-state index contributed by atoms with van der Waals surface area (Å²) in [5.74, 6) is -1.46. The molecule has 1 aromatic heterocycles. The van der Waals surface area contributed by atoms with Crippen molar-refractivity contribution < 1.29 is 14.3 Å². The van der Waals surface area contributed by atoms with Crippen LogP contribution in [0.1, 0.15) is 28.5 Å². The van der Waals surface area contributed by atoms with Crippen LogP contribution in [0.4, 0.5) is 4.39 Å². The standard InChI is InChI=1S/C15H15FN2O2/c1-2-18-6-5-13-11(8-18)14(15(19)20)10-7-9(16)3-4-12(10)17-13/h3-4,7H,2,5-6,8H2,1H3,(H,19,20). The summed E-state index contributed by atoms with van der Waals surface area (Å²) in [6.07, 6.45) is 0.733. The van der Waals surface area contributed by atoms with E-state index in [2.05, 4.69) is 9.88 Å². The van der Waals surface area contributed by atoms with E-state index < -0.39 is 11.8 Å².